The summed E-state index contributed by atoms with van der Waals surface area (Å²) in [7, 11) is 1.81. The van der Waals surface area contributed by atoms with Crippen molar-refractivity contribution in [2.24, 2.45) is 11.8 Å². The molecule has 1 N–H and O–H groups in total. The van der Waals surface area contributed by atoms with Crippen molar-refractivity contribution in [3.8, 4) is 0 Å². The summed E-state index contributed by atoms with van der Waals surface area (Å²) in [5, 5.41) is 9.54. The van der Waals surface area contributed by atoms with Gasteiger partial charge >= 0.3 is 12.0 Å². The molecule has 1 saturated heterocycles. The number of hydrogen-bond acceptors (Lipinski definition) is 3. The number of carboxylic acid groups (broad SMARTS) is 1. The summed E-state index contributed by atoms with van der Waals surface area (Å²) in [6, 6.07) is -0.570. The van der Waals surface area contributed by atoms with E-state index in [-0.39, 0.29) is 18.0 Å². The second kappa shape index (κ2) is 6.90. The lowest BCUT2D eigenvalue weighted by molar-refractivity contribution is -0.142. The number of aliphatic carboxylic acids is 1. The fourth-order valence-electron chi connectivity index (χ4n) is 3.87. The minimum absolute atomic E-state index is 0.113. The number of urea groups is 1. The van der Waals surface area contributed by atoms with Gasteiger partial charge in [0, 0.05) is 25.4 Å². The molecule has 5 nitrogen and oxygen atoms in total. The molecule has 0 spiro atoms. The molecule has 0 aromatic carbocycles. The molecule has 0 aromatic rings. The minimum Gasteiger partial charge on any atom is -0.480 e. The molecule has 1 heterocycles. The number of amides is 2. The first-order valence-electron chi connectivity index (χ1n) is 7.76. The van der Waals surface area contributed by atoms with Gasteiger partial charge in [-0.1, -0.05) is 13.3 Å². The first-order valence-corrected chi connectivity index (χ1v) is 9.15. The average Bonchev–Trinajstić information content (AvgIpc) is 3.02. The van der Waals surface area contributed by atoms with Gasteiger partial charge in [-0.2, -0.15) is 11.8 Å². The first kappa shape index (κ1) is 16.5. The standard InChI is InChI=1S/C15H26N2O3S/c1-4-11(9-21-3)16(2)15(20)17-8-10-6-5-7-12(10)13(17)14(18)19/h10-13H,4-9H2,1-3H3,(H,18,19). The fourth-order valence-corrected chi connectivity index (χ4v) is 4.72. The topological polar surface area (TPSA) is 60.9 Å². The first-order chi connectivity index (χ1) is 10.0. The van der Waals surface area contributed by atoms with Crippen molar-refractivity contribution < 1.29 is 14.7 Å². The van der Waals surface area contributed by atoms with Gasteiger partial charge in [-0.15, -0.1) is 0 Å². The molecule has 1 saturated carbocycles. The van der Waals surface area contributed by atoms with Gasteiger partial charge in [0.25, 0.3) is 0 Å². The number of rotatable bonds is 5. The Morgan fingerprint density at radius 1 is 1.43 bits per heavy atom. The van der Waals surface area contributed by atoms with Crippen LogP contribution in [0.25, 0.3) is 0 Å². The Morgan fingerprint density at radius 2 is 2.14 bits per heavy atom. The van der Waals surface area contributed by atoms with Gasteiger partial charge in [-0.05, 0) is 37.4 Å². The second-order valence-corrected chi connectivity index (χ2v) is 7.11. The molecule has 2 amide bonds. The van der Waals surface area contributed by atoms with Crippen molar-refractivity contribution in [3.05, 3.63) is 0 Å². The van der Waals surface area contributed by atoms with Gasteiger partial charge in [-0.25, -0.2) is 9.59 Å². The predicted octanol–water partition coefficient (Wildman–Crippen LogP) is 2.36. The smallest absolute Gasteiger partial charge is 0.326 e. The van der Waals surface area contributed by atoms with Gasteiger partial charge in [-0.3, -0.25) is 0 Å². The largest absolute Gasteiger partial charge is 0.480 e. The van der Waals surface area contributed by atoms with Crippen LogP contribution in [0.2, 0.25) is 0 Å². The molecule has 120 valence electrons. The lowest BCUT2D eigenvalue weighted by Crippen LogP contribution is -2.51. The minimum atomic E-state index is -0.843. The number of carboxylic acids is 1. The number of carbonyl (C=O) groups is 2. The molecule has 1 aliphatic heterocycles. The number of thioether (sulfide) groups is 1. The van der Waals surface area contributed by atoms with E-state index in [0.717, 1.165) is 31.4 Å². The van der Waals surface area contributed by atoms with Crippen molar-refractivity contribution in [3.63, 3.8) is 0 Å². The van der Waals surface area contributed by atoms with Crippen LogP contribution in [0.3, 0.4) is 0 Å². The highest BCUT2D eigenvalue weighted by molar-refractivity contribution is 7.98. The van der Waals surface area contributed by atoms with E-state index in [0.29, 0.717) is 12.5 Å². The highest BCUT2D eigenvalue weighted by Gasteiger charge is 2.50. The zero-order valence-electron chi connectivity index (χ0n) is 13.1. The molecule has 2 rings (SSSR count). The number of likely N-dealkylation sites (tertiary alicyclic amines) is 1. The molecule has 21 heavy (non-hydrogen) atoms. The molecule has 2 aliphatic rings. The zero-order valence-corrected chi connectivity index (χ0v) is 13.9. The van der Waals surface area contributed by atoms with Crippen LogP contribution in [-0.2, 0) is 4.79 Å². The maximum Gasteiger partial charge on any atom is 0.326 e. The van der Waals surface area contributed by atoms with Crippen LogP contribution in [0.1, 0.15) is 32.6 Å². The molecule has 0 aromatic heterocycles. The van der Waals surface area contributed by atoms with Crippen LogP contribution in [0, 0.1) is 11.8 Å². The van der Waals surface area contributed by atoms with E-state index in [4.69, 9.17) is 0 Å². The number of hydrogen-bond donors (Lipinski definition) is 1. The van der Waals surface area contributed by atoms with Gasteiger partial charge in [0.05, 0.1) is 0 Å². The summed E-state index contributed by atoms with van der Waals surface area (Å²) < 4.78 is 0. The molecule has 4 atom stereocenters. The van der Waals surface area contributed by atoms with Crippen molar-refractivity contribution in [1.29, 1.82) is 0 Å². The van der Waals surface area contributed by atoms with E-state index < -0.39 is 12.0 Å². The number of carbonyl (C=O) groups excluding carboxylic acids is 1. The van der Waals surface area contributed by atoms with Crippen molar-refractivity contribution in [2.75, 3.05) is 25.6 Å². The molecular formula is C15H26N2O3S. The van der Waals surface area contributed by atoms with E-state index >= 15 is 0 Å². The normalized spacial score (nSPS) is 29.3. The number of fused-ring (bicyclic) bond motifs is 1. The molecule has 1 aliphatic carbocycles. The van der Waals surface area contributed by atoms with Gasteiger partial charge < -0.3 is 14.9 Å². The highest BCUT2D eigenvalue weighted by atomic mass is 32.2. The van der Waals surface area contributed by atoms with Crippen LogP contribution in [0.4, 0.5) is 4.79 Å². The van der Waals surface area contributed by atoms with E-state index in [2.05, 4.69) is 6.92 Å². The summed E-state index contributed by atoms with van der Waals surface area (Å²) >= 11 is 1.72. The maximum atomic E-state index is 12.7. The van der Waals surface area contributed by atoms with Crippen LogP contribution in [0.15, 0.2) is 0 Å². The second-order valence-electron chi connectivity index (χ2n) is 6.20. The third kappa shape index (κ3) is 3.15. The van der Waals surface area contributed by atoms with Gasteiger partial charge in [0.15, 0.2) is 0 Å². The summed E-state index contributed by atoms with van der Waals surface area (Å²) in [4.78, 5) is 27.7. The van der Waals surface area contributed by atoms with Crippen LogP contribution >= 0.6 is 11.8 Å². The highest BCUT2D eigenvalue weighted by Crippen LogP contribution is 2.42. The van der Waals surface area contributed by atoms with Crippen LogP contribution in [0.5, 0.6) is 0 Å². The molecule has 0 bridgehead atoms. The summed E-state index contributed by atoms with van der Waals surface area (Å²) in [6.45, 7) is 2.68. The third-order valence-electron chi connectivity index (χ3n) is 5.07. The maximum absolute atomic E-state index is 12.7. The monoisotopic (exact) mass is 314 g/mol. The SMILES string of the molecule is CCC(CSC)N(C)C(=O)N1CC2CCCC2C1C(=O)O. The van der Waals surface area contributed by atoms with E-state index in [1.807, 2.05) is 6.26 Å². The average molecular weight is 314 g/mol. The molecule has 2 fully saturated rings. The summed E-state index contributed by atoms with van der Waals surface area (Å²) in [5.74, 6) is 0.575. The van der Waals surface area contributed by atoms with Crippen molar-refractivity contribution in [2.45, 2.75) is 44.7 Å². The summed E-state index contributed by atoms with van der Waals surface area (Å²) in [5.41, 5.74) is 0. The molecular weight excluding hydrogens is 288 g/mol. The van der Waals surface area contributed by atoms with Crippen LogP contribution in [-0.4, -0.2) is 64.6 Å². The third-order valence-corrected chi connectivity index (χ3v) is 5.79. The summed E-state index contributed by atoms with van der Waals surface area (Å²) in [6.07, 6.45) is 6.02. The Bertz CT molecular complexity index is 404. The Morgan fingerprint density at radius 3 is 2.71 bits per heavy atom. The number of nitrogens with zero attached hydrogens (tertiary/aromatic N) is 2. The van der Waals surface area contributed by atoms with Crippen LogP contribution < -0.4 is 0 Å². The van der Waals surface area contributed by atoms with Crippen molar-refractivity contribution >= 4 is 23.8 Å². The Kier molecular flexibility index (Phi) is 5.41. The molecule has 0 radical (unpaired) electrons. The molecule has 6 heteroatoms. The lowest BCUT2D eigenvalue weighted by Gasteiger charge is -2.33. The van der Waals surface area contributed by atoms with E-state index in [1.165, 1.54) is 0 Å². The van der Waals surface area contributed by atoms with Gasteiger partial charge in [0.1, 0.15) is 6.04 Å². The van der Waals surface area contributed by atoms with E-state index in [9.17, 15) is 14.7 Å². The van der Waals surface area contributed by atoms with Crippen molar-refractivity contribution in [1.82, 2.24) is 9.80 Å². The quantitative estimate of drug-likeness (QED) is 0.846. The fraction of sp³-hybridized carbons (Fsp3) is 0.867. The Hall–Kier alpha value is -0.910. The lowest BCUT2D eigenvalue weighted by atomic mass is 9.94. The Labute approximate surface area is 131 Å². The zero-order chi connectivity index (χ0) is 15.6. The van der Waals surface area contributed by atoms with Gasteiger partial charge in [0.2, 0.25) is 0 Å². The van der Waals surface area contributed by atoms with E-state index in [1.54, 1.807) is 28.6 Å². The predicted molar refractivity (Wildman–Crippen MR) is 84.6 cm³/mol. The Balaban J connectivity index is 2.12. The molecule has 4 unspecified atom stereocenters.